The minimum Gasteiger partial charge on any atom is -0.472 e. The van der Waals surface area contributed by atoms with E-state index >= 15 is 0 Å². The first-order valence-corrected chi connectivity index (χ1v) is 9.13. The summed E-state index contributed by atoms with van der Waals surface area (Å²) in [6, 6.07) is 1.85. The largest absolute Gasteiger partial charge is 0.472 e. The summed E-state index contributed by atoms with van der Waals surface area (Å²) >= 11 is 0. The molecule has 0 aromatic carbocycles. The van der Waals surface area contributed by atoms with Crippen LogP contribution in [0.15, 0.2) is 23.0 Å². The van der Waals surface area contributed by atoms with E-state index in [0.717, 1.165) is 13.0 Å². The SMILES string of the molecule is CC(C)CC(CN(C)C)NC(=O)C1CCN(C(=O)c2ccoc2)CC1. The highest BCUT2D eigenvalue weighted by atomic mass is 16.3. The predicted octanol–water partition coefficient (Wildman–Crippen LogP) is 2.22. The van der Waals surface area contributed by atoms with Gasteiger partial charge in [-0.1, -0.05) is 13.8 Å². The topological polar surface area (TPSA) is 65.8 Å². The van der Waals surface area contributed by atoms with E-state index in [1.165, 1.54) is 12.5 Å². The number of carbonyl (C=O) groups is 2. The van der Waals surface area contributed by atoms with Crippen LogP contribution in [0, 0.1) is 11.8 Å². The Morgan fingerprint density at radius 3 is 2.52 bits per heavy atom. The monoisotopic (exact) mass is 349 g/mol. The van der Waals surface area contributed by atoms with Crippen LogP contribution in [0.25, 0.3) is 0 Å². The highest BCUT2D eigenvalue weighted by Crippen LogP contribution is 2.20. The van der Waals surface area contributed by atoms with Gasteiger partial charge < -0.3 is 19.5 Å². The van der Waals surface area contributed by atoms with Crippen LogP contribution in [0.5, 0.6) is 0 Å². The Morgan fingerprint density at radius 2 is 2.00 bits per heavy atom. The van der Waals surface area contributed by atoms with Crippen molar-refractivity contribution < 1.29 is 14.0 Å². The molecule has 140 valence electrons. The number of nitrogens with zero attached hydrogens (tertiary/aromatic N) is 2. The fourth-order valence-electron chi connectivity index (χ4n) is 3.42. The number of rotatable bonds is 7. The molecule has 2 rings (SSSR count). The Morgan fingerprint density at radius 1 is 1.32 bits per heavy atom. The molecule has 0 aliphatic carbocycles. The van der Waals surface area contributed by atoms with Gasteiger partial charge in [0.2, 0.25) is 5.91 Å². The smallest absolute Gasteiger partial charge is 0.257 e. The second-order valence-corrected chi connectivity index (χ2v) is 7.68. The van der Waals surface area contributed by atoms with Crippen LogP contribution in [0.4, 0.5) is 0 Å². The Balaban J connectivity index is 1.84. The number of likely N-dealkylation sites (tertiary alicyclic amines) is 1. The summed E-state index contributed by atoms with van der Waals surface area (Å²) < 4.78 is 4.98. The van der Waals surface area contributed by atoms with E-state index < -0.39 is 0 Å². The standard InChI is InChI=1S/C19H31N3O3/c1-14(2)11-17(12-21(3)4)20-18(23)15-5-8-22(9-6-15)19(24)16-7-10-25-13-16/h7,10,13-15,17H,5-6,8-9,11-12H2,1-4H3,(H,20,23). The summed E-state index contributed by atoms with van der Waals surface area (Å²) in [7, 11) is 4.05. The molecular formula is C19H31N3O3. The van der Waals surface area contributed by atoms with Gasteiger partial charge in [0.1, 0.15) is 6.26 Å². The Labute approximate surface area is 150 Å². The lowest BCUT2D eigenvalue weighted by Crippen LogP contribution is -2.48. The molecule has 25 heavy (non-hydrogen) atoms. The Bertz CT molecular complexity index is 536. The molecule has 1 saturated heterocycles. The van der Waals surface area contributed by atoms with Crippen LogP contribution in [0.2, 0.25) is 0 Å². The maximum Gasteiger partial charge on any atom is 0.257 e. The molecule has 1 N–H and O–H groups in total. The summed E-state index contributed by atoms with van der Waals surface area (Å²) in [6.07, 6.45) is 5.38. The summed E-state index contributed by atoms with van der Waals surface area (Å²) in [5, 5.41) is 3.22. The van der Waals surface area contributed by atoms with E-state index in [0.29, 0.717) is 37.4 Å². The minimum atomic E-state index is -0.0158. The summed E-state index contributed by atoms with van der Waals surface area (Å²) in [5.41, 5.74) is 0.575. The van der Waals surface area contributed by atoms with E-state index in [2.05, 4.69) is 24.1 Å². The third-order valence-electron chi connectivity index (χ3n) is 4.61. The van der Waals surface area contributed by atoms with Crippen molar-refractivity contribution >= 4 is 11.8 Å². The molecule has 0 radical (unpaired) electrons. The molecule has 2 amide bonds. The average Bonchev–Trinajstić information content (AvgIpc) is 3.07. The number of nitrogens with one attached hydrogen (secondary N) is 1. The van der Waals surface area contributed by atoms with Crippen molar-refractivity contribution in [2.75, 3.05) is 33.7 Å². The van der Waals surface area contributed by atoms with Gasteiger partial charge in [-0.05, 0) is 45.3 Å². The van der Waals surface area contributed by atoms with Crippen molar-refractivity contribution in [1.29, 1.82) is 0 Å². The molecule has 1 aliphatic rings. The molecule has 6 heteroatoms. The minimum absolute atomic E-state index is 0.00905. The van der Waals surface area contributed by atoms with E-state index in [9.17, 15) is 9.59 Å². The molecule has 2 heterocycles. The zero-order valence-corrected chi connectivity index (χ0v) is 15.8. The number of piperidine rings is 1. The molecule has 1 unspecified atom stereocenters. The second kappa shape index (κ2) is 9.04. The number of hydrogen-bond acceptors (Lipinski definition) is 4. The van der Waals surface area contributed by atoms with Crippen LogP contribution in [0.1, 0.15) is 43.5 Å². The average molecular weight is 349 g/mol. The first-order chi connectivity index (χ1) is 11.9. The lowest BCUT2D eigenvalue weighted by molar-refractivity contribution is -0.127. The van der Waals surface area contributed by atoms with E-state index in [4.69, 9.17) is 4.42 Å². The van der Waals surface area contributed by atoms with Crippen molar-refractivity contribution in [3.05, 3.63) is 24.2 Å². The van der Waals surface area contributed by atoms with E-state index in [-0.39, 0.29) is 23.8 Å². The Hall–Kier alpha value is -1.82. The van der Waals surface area contributed by atoms with Gasteiger partial charge in [-0.3, -0.25) is 9.59 Å². The van der Waals surface area contributed by atoms with Crippen LogP contribution in [0.3, 0.4) is 0 Å². The lowest BCUT2D eigenvalue weighted by atomic mass is 9.94. The molecule has 1 fully saturated rings. The van der Waals surface area contributed by atoms with Gasteiger partial charge in [0, 0.05) is 31.6 Å². The van der Waals surface area contributed by atoms with Gasteiger partial charge in [-0.2, -0.15) is 0 Å². The molecule has 1 aromatic heterocycles. The predicted molar refractivity (Wildman–Crippen MR) is 97.3 cm³/mol. The summed E-state index contributed by atoms with van der Waals surface area (Å²) in [4.78, 5) is 28.9. The van der Waals surface area contributed by atoms with Crippen molar-refractivity contribution in [2.24, 2.45) is 11.8 Å². The van der Waals surface area contributed by atoms with Crippen molar-refractivity contribution in [2.45, 2.75) is 39.2 Å². The first-order valence-electron chi connectivity index (χ1n) is 9.13. The lowest BCUT2D eigenvalue weighted by Gasteiger charge is -2.32. The van der Waals surface area contributed by atoms with Gasteiger partial charge in [-0.15, -0.1) is 0 Å². The third kappa shape index (κ3) is 5.88. The molecule has 1 aromatic rings. The normalized spacial score (nSPS) is 17.1. The highest BCUT2D eigenvalue weighted by Gasteiger charge is 2.29. The van der Waals surface area contributed by atoms with Crippen LogP contribution < -0.4 is 5.32 Å². The van der Waals surface area contributed by atoms with Crippen molar-refractivity contribution in [1.82, 2.24) is 15.1 Å². The van der Waals surface area contributed by atoms with Gasteiger partial charge in [0.15, 0.2) is 0 Å². The number of hydrogen-bond donors (Lipinski definition) is 1. The summed E-state index contributed by atoms with van der Waals surface area (Å²) in [5.74, 6) is 0.644. The van der Waals surface area contributed by atoms with Crippen LogP contribution in [-0.2, 0) is 4.79 Å². The molecule has 0 spiro atoms. The van der Waals surface area contributed by atoms with E-state index in [1.54, 1.807) is 11.0 Å². The van der Waals surface area contributed by atoms with Gasteiger partial charge >= 0.3 is 0 Å². The fourth-order valence-corrected chi connectivity index (χ4v) is 3.42. The van der Waals surface area contributed by atoms with Crippen molar-refractivity contribution in [3.8, 4) is 0 Å². The zero-order chi connectivity index (χ0) is 18.4. The summed E-state index contributed by atoms with van der Waals surface area (Å²) in [6.45, 7) is 6.43. The number of carbonyl (C=O) groups excluding carboxylic acids is 2. The van der Waals surface area contributed by atoms with Gasteiger partial charge in [-0.25, -0.2) is 0 Å². The number of amides is 2. The Kier molecular flexibility index (Phi) is 7.05. The molecule has 6 nitrogen and oxygen atoms in total. The molecule has 1 aliphatic heterocycles. The molecule has 0 bridgehead atoms. The third-order valence-corrected chi connectivity index (χ3v) is 4.61. The second-order valence-electron chi connectivity index (χ2n) is 7.68. The van der Waals surface area contributed by atoms with E-state index in [1.807, 2.05) is 14.1 Å². The molecule has 1 atom stereocenters. The fraction of sp³-hybridized carbons (Fsp3) is 0.684. The van der Waals surface area contributed by atoms with Crippen LogP contribution in [-0.4, -0.2) is 61.4 Å². The molecular weight excluding hydrogens is 318 g/mol. The van der Waals surface area contributed by atoms with Crippen molar-refractivity contribution in [3.63, 3.8) is 0 Å². The highest BCUT2D eigenvalue weighted by molar-refractivity contribution is 5.94. The van der Waals surface area contributed by atoms with Gasteiger partial charge in [0.25, 0.3) is 5.91 Å². The quantitative estimate of drug-likeness (QED) is 0.820. The maximum absolute atomic E-state index is 12.6. The number of likely N-dealkylation sites (N-methyl/N-ethyl adjacent to an activating group) is 1. The number of furan rings is 1. The maximum atomic E-state index is 12.6. The zero-order valence-electron chi connectivity index (χ0n) is 15.8. The van der Waals surface area contributed by atoms with Gasteiger partial charge in [0.05, 0.1) is 11.8 Å². The first kappa shape index (κ1) is 19.5. The molecule has 0 saturated carbocycles. The van der Waals surface area contributed by atoms with Crippen LogP contribution >= 0.6 is 0 Å².